The SMILES string of the molecule is Cc1ccc(S(=O)(=O)N[C@@H](CCN)C(=O)NC2CCCc3ccccc32)c2ccccc12. The van der Waals surface area contributed by atoms with Crippen molar-refractivity contribution in [2.45, 2.75) is 49.6 Å². The van der Waals surface area contributed by atoms with Gasteiger partial charge in [-0.3, -0.25) is 4.79 Å². The van der Waals surface area contributed by atoms with Crippen LogP contribution in [0.2, 0.25) is 0 Å². The lowest BCUT2D eigenvalue weighted by Crippen LogP contribution is -2.48. The summed E-state index contributed by atoms with van der Waals surface area (Å²) < 4.78 is 29.2. The van der Waals surface area contributed by atoms with E-state index < -0.39 is 16.1 Å². The van der Waals surface area contributed by atoms with E-state index in [1.165, 1.54) is 5.56 Å². The Labute approximate surface area is 189 Å². The maximum atomic E-state index is 13.3. The molecule has 0 radical (unpaired) electrons. The predicted octanol–water partition coefficient (Wildman–Crippen LogP) is 3.34. The maximum Gasteiger partial charge on any atom is 0.241 e. The number of nitrogens with two attached hydrogens (primary N) is 1. The van der Waals surface area contributed by atoms with Crippen LogP contribution in [0.4, 0.5) is 0 Å². The molecule has 4 N–H and O–H groups in total. The number of rotatable bonds is 7. The first-order valence-corrected chi connectivity index (χ1v) is 12.5. The average molecular weight is 452 g/mol. The average Bonchev–Trinajstić information content (AvgIpc) is 2.79. The Morgan fingerprint density at radius 1 is 1.06 bits per heavy atom. The van der Waals surface area contributed by atoms with Crippen molar-refractivity contribution in [2.24, 2.45) is 5.73 Å². The van der Waals surface area contributed by atoms with Gasteiger partial charge in [0, 0.05) is 5.39 Å². The highest BCUT2D eigenvalue weighted by Gasteiger charge is 2.29. The Morgan fingerprint density at radius 3 is 2.56 bits per heavy atom. The largest absolute Gasteiger partial charge is 0.348 e. The number of fused-ring (bicyclic) bond motifs is 2. The highest BCUT2D eigenvalue weighted by Crippen LogP contribution is 2.30. The molecule has 6 nitrogen and oxygen atoms in total. The molecule has 1 unspecified atom stereocenters. The third kappa shape index (κ3) is 4.55. The summed E-state index contributed by atoms with van der Waals surface area (Å²) in [7, 11) is -3.94. The van der Waals surface area contributed by atoms with Crippen LogP contribution in [0.3, 0.4) is 0 Å². The standard InChI is InChI=1S/C25H29N3O3S/c1-17-13-14-24(21-11-5-4-9-19(17)21)32(30,31)28-23(15-16-26)25(29)27-22-12-6-8-18-7-2-3-10-20(18)22/h2-5,7,9-11,13-14,22-23,28H,6,8,12,15-16,26H2,1H3,(H,27,29)/t22?,23-/m0/s1. The van der Waals surface area contributed by atoms with Gasteiger partial charge in [0.2, 0.25) is 15.9 Å². The zero-order valence-electron chi connectivity index (χ0n) is 18.2. The van der Waals surface area contributed by atoms with E-state index in [1.807, 2.05) is 43.3 Å². The van der Waals surface area contributed by atoms with Crippen molar-refractivity contribution in [3.8, 4) is 0 Å². The van der Waals surface area contributed by atoms with Gasteiger partial charge < -0.3 is 11.1 Å². The summed E-state index contributed by atoms with van der Waals surface area (Å²) in [6.45, 7) is 2.13. The molecule has 3 aromatic rings. The number of carbonyl (C=O) groups excluding carboxylic acids is 1. The molecular formula is C25H29N3O3S. The molecule has 0 saturated heterocycles. The van der Waals surface area contributed by atoms with Gasteiger partial charge in [0.15, 0.2) is 0 Å². The Morgan fingerprint density at radius 2 is 1.78 bits per heavy atom. The molecular weight excluding hydrogens is 422 g/mol. The number of hydrogen-bond donors (Lipinski definition) is 3. The van der Waals surface area contributed by atoms with Gasteiger partial charge in [-0.25, -0.2) is 8.42 Å². The van der Waals surface area contributed by atoms with E-state index in [0.717, 1.165) is 35.8 Å². The minimum atomic E-state index is -3.94. The second-order valence-electron chi connectivity index (χ2n) is 8.33. The second-order valence-corrected chi connectivity index (χ2v) is 10.0. The summed E-state index contributed by atoms with van der Waals surface area (Å²) in [5.41, 5.74) is 9.05. The van der Waals surface area contributed by atoms with Crippen LogP contribution < -0.4 is 15.8 Å². The Balaban J connectivity index is 1.59. The molecule has 1 aliphatic rings. The fourth-order valence-electron chi connectivity index (χ4n) is 4.49. The molecule has 3 aromatic carbocycles. The van der Waals surface area contributed by atoms with Crippen LogP contribution in [0.5, 0.6) is 0 Å². The van der Waals surface area contributed by atoms with E-state index in [0.29, 0.717) is 5.39 Å². The van der Waals surface area contributed by atoms with Gasteiger partial charge in [0.25, 0.3) is 0 Å². The van der Waals surface area contributed by atoms with E-state index in [1.54, 1.807) is 18.2 Å². The molecule has 7 heteroatoms. The van der Waals surface area contributed by atoms with Gasteiger partial charge in [-0.05, 0) is 67.3 Å². The number of nitrogens with one attached hydrogen (secondary N) is 2. The van der Waals surface area contributed by atoms with Crippen molar-refractivity contribution >= 4 is 26.7 Å². The van der Waals surface area contributed by atoms with Crippen molar-refractivity contribution < 1.29 is 13.2 Å². The summed E-state index contributed by atoms with van der Waals surface area (Å²) in [4.78, 5) is 13.3. The van der Waals surface area contributed by atoms with Gasteiger partial charge in [0.05, 0.1) is 10.9 Å². The maximum absolute atomic E-state index is 13.3. The van der Waals surface area contributed by atoms with Crippen molar-refractivity contribution in [3.05, 3.63) is 77.4 Å². The van der Waals surface area contributed by atoms with Crippen molar-refractivity contribution in [3.63, 3.8) is 0 Å². The van der Waals surface area contributed by atoms with Crippen molar-refractivity contribution in [2.75, 3.05) is 6.54 Å². The van der Waals surface area contributed by atoms with E-state index in [9.17, 15) is 13.2 Å². The second kappa shape index (κ2) is 9.40. The lowest BCUT2D eigenvalue weighted by atomic mass is 9.87. The number of carbonyl (C=O) groups is 1. The molecule has 4 rings (SSSR count). The normalized spacial score (nSPS) is 17.0. The van der Waals surface area contributed by atoms with Crippen molar-refractivity contribution in [1.82, 2.24) is 10.0 Å². The van der Waals surface area contributed by atoms with Gasteiger partial charge in [-0.15, -0.1) is 0 Å². The van der Waals surface area contributed by atoms with E-state index in [-0.39, 0.29) is 29.8 Å². The smallest absolute Gasteiger partial charge is 0.241 e. The third-order valence-electron chi connectivity index (χ3n) is 6.15. The third-order valence-corrected chi connectivity index (χ3v) is 7.68. The highest BCUT2D eigenvalue weighted by atomic mass is 32.2. The molecule has 1 aliphatic carbocycles. The lowest BCUT2D eigenvalue weighted by molar-refractivity contribution is -0.123. The zero-order valence-corrected chi connectivity index (χ0v) is 19.0. The van der Waals surface area contributed by atoms with Crippen LogP contribution in [0, 0.1) is 6.92 Å². The topological polar surface area (TPSA) is 101 Å². The van der Waals surface area contributed by atoms with Gasteiger partial charge in [-0.1, -0.05) is 54.6 Å². The van der Waals surface area contributed by atoms with E-state index >= 15 is 0 Å². The van der Waals surface area contributed by atoms with Crippen LogP contribution in [-0.4, -0.2) is 26.9 Å². The zero-order chi connectivity index (χ0) is 22.7. The number of benzene rings is 3. The Bertz CT molecular complexity index is 1240. The van der Waals surface area contributed by atoms with Gasteiger partial charge in [0.1, 0.15) is 6.04 Å². The monoisotopic (exact) mass is 451 g/mol. The summed E-state index contributed by atoms with van der Waals surface area (Å²) in [6, 6.07) is 17.8. The molecule has 1 amide bonds. The van der Waals surface area contributed by atoms with Crippen LogP contribution in [-0.2, 0) is 21.2 Å². The van der Waals surface area contributed by atoms with Crippen LogP contribution in [0.25, 0.3) is 10.8 Å². The first kappa shape index (κ1) is 22.5. The van der Waals surface area contributed by atoms with Crippen LogP contribution >= 0.6 is 0 Å². The number of hydrogen-bond acceptors (Lipinski definition) is 4. The molecule has 0 bridgehead atoms. The Kier molecular flexibility index (Phi) is 6.60. The molecule has 0 saturated carbocycles. The molecule has 0 spiro atoms. The summed E-state index contributed by atoms with van der Waals surface area (Å²) in [5, 5.41) is 4.56. The number of aryl methyl sites for hydroxylation is 2. The molecule has 0 aromatic heterocycles. The highest BCUT2D eigenvalue weighted by molar-refractivity contribution is 7.89. The first-order valence-electron chi connectivity index (χ1n) is 11.0. The fraction of sp³-hybridized carbons (Fsp3) is 0.320. The minimum absolute atomic E-state index is 0.127. The molecule has 32 heavy (non-hydrogen) atoms. The lowest BCUT2D eigenvalue weighted by Gasteiger charge is -2.28. The van der Waals surface area contributed by atoms with Gasteiger partial charge in [-0.2, -0.15) is 4.72 Å². The van der Waals surface area contributed by atoms with Crippen LogP contribution in [0.15, 0.2) is 65.6 Å². The van der Waals surface area contributed by atoms with E-state index in [4.69, 9.17) is 5.73 Å². The molecule has 2 atom stereocenters. The molecule has 0 heterocycles. The van der Waals surface area contributed by atoms with Crippen molar-refractivity contribution in [1.29, 1.82) is 0 Å². The quantitative estimate of drug-likeness (QED) is 0.513. The molecule has 168 valence electrons. The number of amides is 1. The van der Waals surface area contributed by atoms with Gasteiger partial charge >= 0.3 is 0 Å². The predicted molar refractivity (Wildman–Crippen MR) is 127 cm³/mol. The molecule has 0 aliphatic heterocycles. The summed E-state index contributed by atoms with van der Waals surface area (Å²) >= 11 is 0. The summed E-state index contributed by atoms with van der Waals surface area (Å²) in [5.74, 6) is -0.350. The summed E-state index contributed by atoms with van der Waals surface area (Å²) in [6.07, 6.45) is 3.00. The number of sulfonamides is 1. The molecule has 0 fully saturated rings. The Hall–Kier alpha value is -2.74. The van der Waals surface area contributed by atoms with Crippen LogP contribution in [0.1, 0.15) is 42.0 Å². The first-order chi connectivity index (χ1) is 15.4. The van der Waals surface area contributed by atoms with E-state index in [2.05, 4.69) is 16.1 Å². The minimum Gasteiger partial charge on any atom is -0.348 e. The fourth-order valence-corrected chi connectivity index (χ4v) is 5.93.